The smallest absolute Gasteiger partial charge is 0.126 e. The third-order valence-corrected chi connectivity index (χ3v) is 4.40. The summed E-state index contributed by atoms with van der Waals surface area (Å²) in [6.07, 6.45) is 8.96. The summed E-state index contributed by atoms with van der Waals surface area (Å²) in [5, 5.41) is 0. The number of hydrogen-bond acceptors (Lipinski definition) is 2. The number of fused-ring (bicyclic) bond motifs is 1. The second-order valence-corrected chi connectivity index (χ2v) is 6.58. The number of hydrogen-bond donors (Lipinski definition) is 0. The van der Waals surface area contributed by atoms with E-state index in [0.29, 0.717) is 12.5 Å². The summed E-state index contributed by atoms with van der Waals surface area (Å²) in [5.41, 5.74) is 4.15. The maximum atomic E-state index is 5.91. The van der Waals surface area contributed by atoms with Crippen molar-refractivity contribution >= 4 is 0 Å². The summed E-state index contributed by atoms with van der Waals surface area (Å²) in [7, 11) is 0. The zero-order valence-electron chi connectivity index (χ0n) is 15.0. The molecule has 0 aliphatic carbocycles. The first-order valence-electron chi connectivity index (χ1n) is 8.81. The fraction of sp³-hybridized carbons (Fsp3) is 0.524. The quantitative estimate of drug-likeness (QED) is 0.599. The van der Waals surface area contributed by atoms with Crippen LogP contribution >= 0.6 is 0 Å². The molecule has 1 aliphatic heterocycles. The predicted octanol–water partition coefficient (Wildman–Crippen LogP) is 5.72. The van der Waals surface area contributed by atoms with E-state index in [9.17, 15) is 0 Å². The maximum Gasteiger partial charge on any atom is 0.126 e. The Labute approximate surface area is 141 Å². The van der Waals surface area contributed by atoms with Gasteiger partial charge in [-0.3, -0.25) is 0 Å². The average Bonchev–Trinajstić information content (AvgIpc) is 2.56. The number of allylic oxidation sites excluding steroid dienone is 3. The van der Waals surface area contributed by atoms with Gasteiger partial charge in [0.15, 0.2) is 0 Å². The lowest BCUT2D eigenvalue weighted by atomic mass is 9.94. The van der Waals surface area contributed by atoms with Crippen LogP contribution in [-0.4, -0.2) is 13.2 Å². The van der Waals surface area contributed by atoms with E-state index >= 15 is 0 Å². The van der Waals surface area contributed by atoms with E-state index < -0.39 is 0 Å². The van der Waals surface area contributed by atoms with E-state index in [1.54, 1.807) is 0 Å². The minimum atomic E-state index is 0.574. The molecule has 2 rings (SSSR count). The average molecular weight is 314 g/mol. The molecule has 1 atom stereocenters. The van der Waals surface area contributed by atoms with Crippen LogP contribution in [0.4, 0.5) is 0 Å². The Morgan fingerprint density at radius 2 is 2.13 bits per heavy atom. The summed E-state index contributed by atoms with van der Waals surface area (Å²) in [4.78, 5) is 0. The fourth-order valence-electron chi connectivity index (χ4n) is 2.91. The van der Waals surface area contributed by atoms with Gasteiger partial charge in [0.2, 0.25) is 0 Å². The molecule has 1 aromatic rings. The van der Waals surface area contributed by atoms with Crippen LogP contribution in [0.1, 0.15) is 52.5 Å². The first-order valence-corrected chi connectivity index (χ1v) is 8.81. The van der Waals surface area contributed by atoms with Gasteiger partial charge >= 0.3 is 0 Å². The van der Waals surface area contributed by atoms with Crippen molar-refractivity contribution in [1.29, 1.82) is 0 Å². The van der Waals surface area contributed by atoms with E-state index in [2.05, 4.69) is 52.0 Å². The van der Waals surface area contributed by atoms with Crippen molar-refractivity contribution in [2.75, 3.05) is 13.2 Å². The van der Waals surface area contributed by atoms with Gasteiger partial charge in [0.25, 0.3) is 0 Å². The molecule has 0 saturated heterocycles. The Hall–Kier alpha value is -1.70. The molecule has 23 heavy (non-hydrogen) atoms. The van der Waals surface area contributed by atoms with Crippen LogP contribution in [0.15, 0.2) is 41.5 Å². The van der Waals surface area contributed by atoms with Gasteiger partial charge < -0.3 is 9.47 Å². The van der Waals surface area contributed by atoms with Crippen LogP contribution < -0.4 is 9.47 Å². The molecule has 2 nitrogen and oxygen atoms in total. The highest BCUT2D eigenvalue weighted by atomic mass is 16.5. The standard InChI is InChI=1S/C21H30O2/c1-5-18(17(4)9-8-16(2)3)12-14-22-20-11-10-19-7-6-13-23-21(19)15-20/h8,10-12,15,17H,5-7,9,13-14H2,1-4H3. The molecule has 1 unspecified atom stereocenters. The van der Waals surface area contributed by atoms with Gasteiger partial charge in [0.05, 0.1) is 6.61 Å². The molecule has 0 spiro atoms. The summed E-state index contributed by atoms with van der Waals surface area (Å²) < 4.78 is 11.6. The zero-order valence-corrected chi connectivity index (χ0v) is 15.0. The van der Waals surface area contributed by atoms with Crippen molar-refractivity contribution in [3.63, 3.8) is 0 Å². The first-order chi connectivity index (χ1) is 11.1. The van der Waals surface area contributed by atoms with Gasteiger partial charge in [-0.25, -0.2) is 0 Å². The van der Waals surface area contributed by atoms with Gasteiger partial charge in [-0.1, -0.05) is 37.1 Å². The molecule has 0 saturated carbocycles. The van der Waals surface area contributed by atoms with E-state index in [0.717, 1.165) is 43.8 Å². The summed E-state index contributed by atoms with van der Waals surface area (Å²) in [5.74, 6) is 2.46. The highest BCUT2D eigenvalue weighted by Gasteiger charge is 2.11. The van der Waals surface area contributed by atoms with Crippen molar-refractivity contribution in [3.05, 3.63) is 47.1 Å². The Kier molecular flexibility index (Phi) is 6.76. The van der Waals surface area contributed by atoms with Gasteiger partial charge in [-0.05, 0) is 63.2 Å². The van der Waals surface area contributed by atoms with E-state index in [-0.39, 0.29) is 0 Å². The number of aryl methyl sites for hydroxylation is 1. The molecule has 0 N–H and O–H groups in total. The summed E-state index contributed by atoms with van der Waals surface area (Å²) in [6, 6.07) is 6.21. The molecule has 1 aromatic carbocycles. The molecular formula is C21H30O2. The lowest BCUT2D eigenvalue weighted by Crippen LogP contribution is -2.08. The molecule has 0 aromatic heterocycles. The molecule has 2 heteroatoms. The van der Waals surface area contributed by atoms with Crippen LogP contribution in [0.2, 0.25) is 0 Å². The minimum Gasteiger partial charge on any atom is -0.493 e. The van der Waals surface area contributed by atoms with Crippen LogP contribution in [-0.2, 0) is 6.42 Å². The topological polar surface area (TPSA) is 18.5 Å². The van der Waals surface area contributed by atoms with Crippen molar-refractivity contribution in [2.24, 2.45) is 5.92 Å². The highest BCUT2D eigenvalue weighted by Crippen LogP contribution is 2.29. The predicted molar refractivity (Wildman–Crippen MR) is 97.3 cm³/mol. The second kappa shape index (κ2) is 8.81. The zero-order chi connectivity index (χ0) is 16.7. The van der Waals surface area contributed by atoms with E-state index in [1.165, 1.54) is 16.7 Å². The number of benzene rings is 1. The third kappa shape index (κ3) is 5.46. The molecule has 1 heterocycles. The van der Waals surface area contributed by atoms with E-state index in [4.69, 9.17) is 9.47 Å². The number of rotatable bonds is 7. The van der Waals surface area contributed by atoms with Gasteiger partial charge in [-0.15, -0.1) is 0 Å². The minimum absolute atomic E-state index is 0.574. The fourth-order valence-corrected chi connectivity index (χ4v) is 2.91. The SMILES string of the molecule is CCC(=CCOc1ccc2c(c1)OCCC2)C(C)CC=C(C)C. The van der Waals surface area contributed by atoms with Crippen LogP contribution in [0, 0.1) is 5.92 Å². The second-order valence-electron chi connectivity index (χ2n) is 6.58. The van der Waals surface area contributed by atoms with Crippen molar-refractivity contribution in [2.45, 2.75) is 53.4 Å². The third-order valence-electron chi connectivity index (χ3n) is 4.40. The Bertz CT molecular complexity index is 565. The lowest BCUT2D eigenvalue weighted by Gasteiger charge is -2.18. The summed E-state index contributed by atoms with van der Waals surface area (Å²) in [6.45, 7) is 10.3. The van der Waals surface area contributed by atoms with E-state index in [1.807, 2.05) is 6.07 Å². The van der Waals surface area contributed by atoms with Crippen LogP contribution in [0.5, 0.6) is 11.5 Å². The largest absolute Gasteiger partial charge is 0.493 e. The van der Waals surface area contributed by atoms with Crippen molar-refractivity contribution in [1.82, 2.24) is 0 Å². The normalized spacial score (nSPS) is 15.4. The molecule has 0 amide bonds. The molecule has 126 valence electrons. The Morgan fingerprint density at radius 1 is 1.30 bits per heavy atom. The highest BCUT2D eigenvalue weighted by molar-refractivity contribution is 5.41. The molecule has 0 bridgehead atoms. The van der Waals surface area contributed by atoms with Gasteiger partial charge in [0.1, 0.15) is 18.1 Å². The molecule has 1 aliphatic rings. The molecule has 0 radical (unpaired) electrons. The van der Waals surface area contributed by atoms with Gasteiger partial charge in [-0.2, -0.15) is 0 Å². The van der Waals surface area contributed by atoms with Crippen molar-refractivity contribution in [3.8, 4) is 11.5 Å². The lowest BCUT2D eigenvalue weighted by molar-refractivity contribution is 0.284. The van der Waals surface area contributed by atoms with Crippen molar-refractivity contribution < 1.29 is 9.47 Å². The Balaban J connectivity index is 1.92. The van der Waals surface area contributed by atoms with Gasteiger partial charge in [0, 0.05) is 6.07 Å². The Morgan fingerprint density at radius 3 is 2.87 bits per heavy atom. The number of ether oxygens (including phenoxy) is 2. The first kappa shape index (κ1) is 17.7. The van der Waals surface area contributed by atoms with Crippen LogP contribution in [0.3, 0.4) is 0 Å². The monoisotopic (exact) mass is 314 g/mol. The molecule has 0 fully saturated rings. The summed E-state index contributed by atoms with van der Waals surface area (Å²) >= 11 is 0. The molecular weight excluding hydrogens is 284 g/mol. The maximum absolute atomic E-state index is 5.91. The van der Waals surface area contributed by atoms with Crippen LogP contribution in [0.25, 0.3) is 0 Å².